The molecule has 1 aliphatic heterocycles. The van der Waals surface area contributed by atoms with E-state index in [1.54, 1.807) is 7.11 Å². The molecule has 0 unspecified atom stereocenters. The van der Waals surface area contributed by atoms with Crippen molar-refractivity contribution in [2.75, 3.05) is 49.3 Å². The van der Waals surface area contributed by atoms with Gasteiger partial charge in [-0.15, -0.1) is 0 Å². The van der Waals surface area contributed by atoms with E-state index in [1.165, 1.54) is 0 Å². The molecule has 20 heavy (non-hydrogen) atoms. The Hall–Kier alpha value is -1.56. The van der Waals surface area contributed by atoms with Crippen LogP contribution in [0, 0.1) is 5.92 Å². The van der Waals surface area contributed by atoms with E-state index in [1.807, 2.05) is 6.07 Å². The maximum atomic E-state index is 5.80. The molecule has 2 heterocycles. The van der Waals surface area contributed by atoms with Crippen LogP contribution in [0.2, 0.25) is 0 Å². The molecule has 1 fully saturated rings. The molecule has 0 aromatic carbocycles. The van der Waals surface area contributed by atoms with Gasteiger partial charge in [0.2, 0.25) is 5.95 Å². The Morgan fingerprint density at radius 1 is 1.40 bits per heavy atom. The zero-order valence-electron chi connectivity index (χ0n) is 12.4. The fourth-order valence-electron chi connectivity index (χ4n) is 2.52. The number of ether oxygens (including phenoxy) is 1. The summed E-state index contributed by atoms with van der Waals surface area (Å²) < 4.78 is 5.23. The van der Waals surface area contributed by atoms with Gasteiger partial charge in [-0.05, 0) is 25.2 Å². The number of nitrogens with zero attached hydrogens (tertiary/aromatic N) is 3. The third-order valence-corrected chi connectivity index (χ3v) is 3.63. The number of nitrogens with one attached hydrogen (secondary N) is 1. The highest BCUT2D eigenvalue weighted by atomic mass is 16.5. The van der Waals surface area contributed by atoms with E-state index in [-0.39, 0.29) is 0 Å². The minimum absolute atomic E-state index is 0.333. The van der Waals surface area contributed by atoms with Crippen LogP contribution >= 0.6 is 0 Å². The second-order valence-corrected chi connectivity index (χ2v) is 5.28. The van der Waals surface area contributed by atoms with E-state index in [2.05, 4.69) is 27.1 Å². The van der Waals surface area contributed by atoms with Crippen molar-refractivity contribution >= 4 is 17.6 Å². The highest BCUT2D eigenvalue weighted by Crippen LogP contribution is 2.24. The van der Waals surface area contributed by atoms with Gasteiger partial charge in [-0.2, -0.15) is 9.97 Å². The van der Waals surface area contributed by atoms with Crippen LogP contribution in [0.3, 0.4) is 0 Å². The van der Waals surface area contributed by atoms with Crippen molar-refractivity contribution in [2.24, 2.45) is 5.92 Å². The molecule has 0 saturated carbocycles. The number of hydrogen-bond acceptors (Lipinski definition) is 6. The first-order valence-corrected chi connectivity index (χ1v) is 7.35. The van der Waals surface area contributed by atoms with Crippen LogP contribution in [0.15, 0.2) is 6.07 Å². The molecule has 0 atom stereocenters. The van der Waals surface area contributed by atoms with Gasteiger partial charge in [0.1, 0.15) is 11.6 Å². The summed E-state index contributed by atoms with van der Waals surface area (Å²) in [6.45, 7) is 5.86. The van der Waals surface area contributed by atoms with E-state index in [4.69, 9.17) is 10.5 Å². The maximum absolute atomic E-state index is 5.80. The summed E-state index contributed by atoms with van der Waals surface area (Å²) in [6.07, 6.45) is 3.33. The van der Waals surface area contributed by atoms with Crippen molar-refractivity contribution in [3.8, 4) is 0 Å². The van der Waals surface area contributed by atoms with Crippen LogP contribution in [-0.4, -0.2) is 43.3 Å². The van der Waals surface area contributed by atoms with Gasteiger partial charge >= 0.3 is 0 Å². The van der Waals surface area contributed by atoms with Crippen LogP contribution in [-0.2, 0) is 4.74 Å². The van der Waals surface area contributed by atoms with E-state index >= 15 is 0 Å². The largest absolute Gasteiger partial charge is 0.384 e. The van der Waals surface area contributed by atoms with Crippen LogP contribution in [0.5, 0.6) is 0 Å². The summed E-state index contributed by atoms with van der Waals surface area (Å²) in [5, 5.41) is 3.27. The van der Waals surface area contributed by atoms with E-state index < -0.39 is 0 Å². The Balaban J connectivity index is 2.00. The van der Waals surface area contributed by atoms with Crippen molar-refractivity contribution in [3.05, 3.63) is 6.07 Å². The molecule has 0 spiro atoms. The molecule has 1 saturated heterocycles. The zero-order chi connectivity index (χ0) is 14.4. The normalized spacial score (nSPS) is 16.4. The Morgan fingerprint density at radius 3 is 2.80 bits per heavy atom. The zero-order valence-corrected chi connectivity index (χ0v) is 12.4. The quantitative estimate of drug-likeness (QED) is 0.826. The predicted molar refractivity (Wildman–Crippen MR) is 82.0 cm³/mol. The van der Waals surface area contributed by atoms with E-state index in [9.17, 15) is 0 Å². The molecule has 6 heteroatoms. The molecule has 0 bridgehead atoms. The van der Waals surface area contributed by atoms with Crippen LogP contribution in [0.25, 0.3) is 0 Å². The topological polar surface area (TPSA) is 76.3 Å². The number of methoxy groups -OCH3 is 1. The molecule has 0 amide bonds. The molecule has 1 aliphatic rings. The second kappa shape index (κ2) is 7.28. The highest BCUT2D eigenvalue weighted by molar-refractivity contribution is 5.52. The van der Waals surface area contributed by atoms with Crippen molar-refractivity contribution in [1.29, 1.82) is 0 Å². The molecule has 1 aromatic heterocycles. The molecule has 0 aliphatic carbocycles. The molecule has 1 aromatic rings. The van der Waals surface area contributed by atoms with E-state index in [0.717, 1.165) is 57.1 Å². The highest BCUT2D eigenvalue weighted by Gasteiger charge is 2.20. The van der Waals surface area contributed by atoms with Gasteiger partial charge in [-0.1, -0.05) is 6.92 Å². The van der Waals surface area contributed by atoms with Crippen molar-refractivity contribution in [2.45, 2.75) is 26.2 Å². The maximum Gasteiger partial charge on any atom is 0.223 e. The Morgan fingerprint density at radius 2 is 2.15 bits per heavy atom. The Labute approximate surface area is 120 Å². The SMILES string of the molecule is CCCNc1cc(N2CCC(COC)CC2)nc(N)n1. The lowest BCUT2D eigenvalue weighted by Gasteiger charge is -2.32. The van der Waals surface area contributed by atoms with Crippen molar-refractivity contribution in [1.82, 2.24) is 9.97 Å². The van der Waals surface area contributed by atoms with Gasteiger partial charge in [-0.3, -0.25) is 0 Å². The van der Waals surface area contributed by atoms with Crippen LogP contribution < -0.4 is 16.0 Å². The van der Waals surface area contributed by atoms with Crippen molar-refractivity contribution < 1.29 is 4.74 Å². The summed E-state index contributed by atoms with van der Waals surface area (Å²) in [7, 11) is 1.77. The van der Waals surface area contributed by atoms with Gasteiger partial charge < -0.3 is 20.7 Å². The van der Waals surface area contributed by atoms with Gasteiger partial charge in [0, 0.05) is 39.4 Å². The standard InChI is InChI=1S/C14H25N5O/c1-3-6-16-12-9-13(18-14(15)17-12)19-7-4-11(5-8-19)10-20-2/h9,11H,3-8,10H2,1-2H3,(H3,15,16,17,18). The lowest BCUT2D eigenvalue weighted by Crippen LogP contribution is -2.35. The summed E-state index contributed by atoms with van der Waals surface area (Å²) in [6, 6.07) is 1.99. The summed E-state index contributed by atoms with van der Waals surface area (Å²) in [4.78, 5) is 10.9. The number of anilines is 3. The minimum Gasteiger partial charge on any atom is -0.384 e. The second-order valence-electron chi connectivity index (χ2n) is 5.28. The Kier molecular flexibility index (Phi) is 5.40. The lowest BCUT2D eigenvalue weighted by molar-refractivity contribution is 0.139. The number of rotatable bonds is 6. The molecular formula is C14H25N5O. The average molecular weight is 279 g/mol. The molecule has 2 rings (SSSR count). The Bertz CT molecular complexity index is 418. The van der Waals surface area contributed by atoms with Gasteiger partial charge in [-0.25, -0.2) is 0 Å². The minimum atomic E-state index is 0.333. The average Bonchev–Trinajstić information content (AvgIpc) is 2.46. The molecule has 3 N–H and O–H groups in total. The predicted octanol–water partition coefficient (Wildman–Crippen LogP) is 1.74. The summed E-state index contributed by atoms with van der Waals surface area (Å²) in [5.74, 6) is 2.73. The number of piperidine rings is 1. The summed E-state index contributed by atoms with van der Waals surface area (Å²) >= 11 is 0. The molecule has 112 valence electrons. The fraction of sp³-hybridized carbons (Fsp3) is 0.714. The summed E-state index contributed by atoms with van der Waals surface area (Å²) in [5.41, 5.74) is 5.80. The van der Waals surface area contributed by atoms with Crippen LogP contribution in [0.1, 0.15) is 26.2 Å². The number of nitrogens with two attached hydrogens (primary N) is 1. The van der Waals surface area contributed by atoms with Gasteiger partial charge in [0.25, 0.3) is 0 Å². The molecular weight excluding hydrogens is 254 g/mol. The smallest absolute Gasteiger partial charge is 0.223 e. The molecule has 0 radical (unpaired) electrons. The first-order valence-electron chi connectivity index (χ1n) is 7.35. The number of aromatic nitrogens is 2. The third kappa shape index (κ3) is 3.96. The van der Waals surface area contributed by atoms with Crippen LogP contribution in [0.4, 0.5) is 17.6 Å². The monoisotopic (exact) mass is 279 g/mol. The van der Waals surface area contributed by atoms with Crippen molar-refractivity contribution in [3.63, 3.8) is 0 Å². The van der Waals surface area contributed by atoms with E-state index in [0.29, 0.717) is 11.9 Å². The van der Waals surface area contributed by atoms with Gasteiger partial charge in [0.05, 0.1) is 0 Å². The van der Waals surface area contributed by atoms with Gasteiger partial charge in [0.15, 0.2) is 0 Å². The fourth-order valence-corrected chi connectivity index (χ4v) is 2.52. The third-order valence-electron chi connectivity index (χ3n) is 3.63. The molecule has 6 nitrogen and oxygen atoms in total. The first-order chi connectivity index (χ1) is 9.72. The lowest BCUT2D eigenvalue weighted by atomic mass is 9.98. The number of nitrogen functional groups attached to an aromatic ring is 1. The first kappa shape index (κ1) is 14.8. The number of hydrogen-bond donors (Lipinski definition) is 2.